The molecule has 8 heteroatoms. The average molecular weight is 338 g/mol. The zero-order valence-electron chi connectivity index (χ0n) is 11.7. The number of carbonyl (C=O) groups is 2. The molecular weight excluding hydrogens is 324 g/mol. The highest BCUT2D eigenvalue weighted by molar-refractivity contribution is 7.14. The Bertz CT molecular complexity index is 648. The lowest BCUT2D eigenvalue weighted by atomic mass is 10.3. The van der Waals surface area contributed by atoms with Crippen molar-refractivity contribution in [3.63, 3.8) is 0 Å². The van der Waals surface area contributed by atoms with Crippen molar-refractivity contribution in [2.75, 3.05) is 32.9 Å². The maximum atomic E-state index is 11.9. The molecule has 0 spiro atoms. The lowest BCUT2D eigenvalue weighted by Crippen LogP contribution is -2.42. The van der Waals surface area contributed by atoms with E-state index in [1.54, 1.807) is 21.6 Å². The Morgan fingerprint density at radius 2 is 2.14 bits per heavy atom. The number of nitrogens with zero attached hydrogens (tertiary/aromatic N) is 2. The van der Waals surface area contributed by atoms with Crippen molar-refractivity contribution in [2.24, 2.45) is 0 Å². The molecule has 1 amide bonds. The minimum Gasteiger partial charge on any atom is -0.451 e. The lowest BCUT2D eigenvalue weighted by Gasteiger charge is -2.26. The van der Waals surface area contributed by atoms with E-state index in [9.17, 15) is 9.59 Å². The fourth-order valence-electron chi connectivity index (χ4n) is 1.99. The summed E-state index contributed by atoms with van der Waals surface area (Å²) in [5.41, 5.74) is 1.22. The van der Waals surface area contributed by atoms with E-state index in [1.807, 2.05) is 16.8 Å². The molecule has 0 aromatic carbocycles. The van der Waals surface area contributed by atoms with Gasteiger partial charge in [0.25, 0.3) is 5.91 Å². The van der Waals surface area contributed by atoms with Crippen molar-refractivity contribution in [3.05, 3.63) is 27.9 Å². The van der Waals surface area contributed by atoms with Crippen molar-refractivity contribution in [3.8, 4) is 10.6 Å². The number of carbonyl (C=O) groups excluding carboxylic acids is 2. The topological polar surface area (TPSA) is 68.7 Å². The molecule has 2 aromatic rings. The number of ether oxygens (including phenoxy) is 2. The van der Waals surface area contributed by atoms with E-state index in [1.165, 1.54) is 11.3 Å². The number of morpholine rings is 1. The summed E-state index contributed by atoms with van der Waals surface area (Å²) in [6.45, 7) is 1.86. The van der Waals surface area contributed by atoms with Crippen molar-refractivity contribution in [2.45, 2.75) is 0 Å². The van der Waals surface area contributed by atoms with E-state index in [-0.39, 0.29) is 18.2 Å². The molecule has 0 saturated carbocycles. The van der Waals surface area contributed by atoms with Crippen LogP contribution in [0, 0.1) is 0 Å². The largest absolute Gasteiger partial charge is 0.451 e. The van der Waals surface area contributed by atoms with Crippen LogP contribution in [-0.4, -0.2) is 54.7 Å². The summed E-state index contributed by atoms with van der Waals surface area (Å²) in [6, 6.07) is 1.95. The normalized spacial score (nSPS) is 14.8. The van der Waals surface area contributed by atoms with Crippen LogP contribution in [0.15, 0.2) is 22.2 Å². The van der Waals surface area contributed by atoms with Gasteiger partial charge >= 0.3 is 5.97 Å². The van der Waals surface area contributed by atoms with Crippen molar-refractivity contribution < 1.29 is 19.1 Å². The average Bonchev–Trinajstić information content (AvgIpc) is 3.23. The predicted octanol–water partition coefficient (Wildman–Crippen LogP) is 1.89. The number of amides is 1. The van der Waals surface area contributed by atoms with Crippen LogP contribution in [0.4, 0.5) is 0 Å². The van der Waals surface area contributed by atoms with E-state index in [0.717, 1.165) is 10.6 Å². The maximum Gasteiger partial charge on any atom is 0.358 e. The Morgan fingerprint density at radius 1 is 1.32 bits per heavy atom. The molecule has 1 aliphatic heterocycles. The van der Waals surface area contributed by atoms with E-state index in [4.69, 9.17) is 9.47 Å². The van der Waals surface area contributed by atoms with Crippen LogP contribution in [0.3, 0.4) is 0 Å². The summed E-state index contributed by atoms with van der Waals surface area (Å²) in [6.07, 6.45) is 0. The van der Waals surface area contributed by atoms with Crippen LogP contribution in [0.1, 0.15) is 10.5 Å². The molecule has 0 unspecified atom stereocenters. The first kappa shape index (κ1) is 15.1. The van der Waals surface area contributed by atoms with Gasteiger partial charge in [0.05, 0.1) is 13.2 Å². The molecular formula is C14H14N2O4S2. The minimum absolute atomic E-state index is 0.204. The Labute approximate surface area is 135 Å². The SMILES string of the molecule is O=C(OCC(=O)N1CCOCC1)c1csc(-c2ccsc2)n1. The lowest BCUT2D eigenvalue weighted by molar-refractivity contribution is -0.138. The molecule has 0 bridgehead atoms. The summed E-state index contributed by atoms with van der Waals surface area (Å²) in [5.74, 6) is -0.774. The Kier molecular flexibility index (Phi) is 4.81. The predicted molar refractivity (Wildman–Crippen MR) is 83.1 cm³/mol. The molecule has 0 N–H and O–H groups in total. The summed E-state index contributed by atoms with van der Waals surface area (Å²) >= 11 is 2.95. The van der Waals surface area contributed by atoms with Crippen LogP contribution in [-0.2, 0) is 14.3 Å². The van der Waals surface area contributed by atoms with Gasteiger partial charge < -0.3 is 14.4 Å². The molecule has 0 radical (unpaired) electrons. The quantitative estimate of drug-likeness (QED) is 0.796. The third kappa shape index (κ3) is 3.52. The van der Waals surface area contributed by atoms with Gasteiger partial charge in [-0.2, -0.15) is 11.3 Å². The van der Waals surface area contributed by atoms with Gasteiger partial charge in [-0.15, -0.1) is 11.3 Å². The number of esters is 1. The number of aromatic nitrogens is 1. The number of hydrogen-bond acceptors (Lipinski definition) is 7. The fraction of sp³-hybridized carbons (Fsp3) is 0.357. The molecule has 2 aromatic heterocycles. The van der Waals surface area contributed by atoms with Gasteiger partial charge in [0, 0.05) is 29.4 Å². The van der Waals surface area contributed by atoms with Crippen molar-refractivity contribution >= 4 is 34.6 Å². The van der Waals surface area contributed by atoms with Crippen LogP contribution in [0.2, 0.25) is 0 Å². The van der Waals surface area contributed by atoms with E-state index >= 15 is 0 Å². The molecule has 1 saturated heterocycles. The highest BCUT2D eigenvalue weighted by Gasteiger charge is 2.20. The minimum atomic E-state index is -0.570. The van der Waals surface area contributed by atoms with Crippen molar-refractivity contribution in [1.29, 1.82) is 0 Å². The number of thiophene rings is 1. The molecule has 1 fully saturated rings. The smallest absolute Gasteiger partial charge is 0.358 e. The first-order chi connectivity index (χ1) is 10.7. The van der Waals surface area contributed by atoms with E-state index in [2.05, 4.69) is 4.98 Å². The first-order valence-electron chi connectivity index (χ1n) is 6.75. The second-order valence-electron chi connectivity index (χ2n) is 4.62. The Hall–Kier alpha value is -1.77. The zero-order valence-corrected chi connectivity index (χ0v) is 13.3. The summed E-state index contributed by atoms with van der Waals surface area (Å²) < 4.78 is 10.2. The molecule has 116 valence electrons. The summed E-state index contributed by atoms with van der Waals surface area (Å²) in [7, 11) is 0. The standard InChI is InChI=1S/C14H14N2O4S2/c17-12(16-2-4-19-5-3-16)7-20-14(18)11-9-22-13(15-11)10-1-6-21-8-10/h1,6,8-9H,2-5,7H2. The van der Waals surface area contributed by atoms with Crippen LogP contribution in [0.5, 0.6) is 0 Å². The third-order valence-corrected chi connectivity index (χ3v) is 4.75. The molecule has 3 heterocycles. The van der Waals surface area contributed by atoms with Gasteiger partial charge in [0.1, 0.15) is 5.01 Å². The molecule has 0 atom stereocenters. The Balaban J connectivity index is 1.54. The van der Waals surface area contributed by atoms with Crippen molar-refractivity contribution in [1.82, 2.24) is 9.88 Å². The van der Waals surface area contributed by atoms with Gasteiger partial charge in [0.2, 0.25) is 0 Å². The zero-order chi connectivity index (χ0) is 15.4. The van der Waals surface area contributed by atoms with E-state index < -0.39 is 5.97 Å². The Morgan fingerprint density at radius 3 is 2.86 bits per heavy atom. The number of hydrogen-bond donors (Lipinski definition) is 0. The second-order valence-corrected chi connectivity index (χ2v) is 6.26. The summed E-state index contributed by atoms with van der Waals surface area (Å²) in [4.78, 5) is 29.7. The molecule has 6 nitrogen and oxygen atoms in total. The first-order valence-corrected chi connectivity index (χ1v) is 8.57. The molecule has 0 aliphatic carbocycles. The van der Waals surface area contributed by atoms with Crippen LogP contribution < -0.4 is 0 Å². The monoisotopic (exact) mass is 338 g/mol. The van der Waals surface area contributed by atoms with Crippen LogP contribution in [0.25, 0.3) is 10.6 Å². The highest BCUT2D eigenvalue weighted by atomic mass is 32.1. The fourth-order valence-corrected chi connectivity index (χ4v) is 3.49. The highest BCUT2D eigenvalue weighted by Crippen LogP contribution is 2.25. The summed E-state index contributed by atoms with van der Waals surface area (Å²) in [5, 5.41) is 6.34. The van der Waals surface area contributed by atoms with Gasteiger partial charge in [-0.1, -0.05) is 0 Å². The third-order valence-electron chi connectivity index (χ3n) is 3.17. The van der Waals surface area contributed by atoms with Gasteiger partial charge in [-0.25, -0.2) is 9.78 Å². The second kappa shape index (κ2) is 6.99. The number of rotatable bonds is 4. The maximum absolute atomic E-state index is 11.9. The molecule has 22 heavy (non-hydrogen) atoms. The van der Waals surface area contributed by atoms with E-state index in [0.29, 0.717) is 26.3 Å². The number of thiazole rings is 1. The van der Waals surface area contributed by atoms with Gasteiger partial charge in [0.15, 0.2) is 12.3 Å². The van der Waals surface area contributed by atoms with Gasteiger partial charge in [-0.3, -0.25) is 4.79 Å². The molecule has 3 rings (SSSR count). The molecule has 1 aliphatic rings. The van der Waals surface area contributed by atoms with Crippen LogP contribution >= 0.6 is 22.7 Å². The van der Waals surface area contributed by atoms with Gasteiger partial charge in [-0.05, 0) is 11.4 Å².